The molecule has 2 heterocycles. The first-order valence-corrected chi connectivity index (χ1v) is 6.11. The van der Waals surface area contributed by atoms with Gasteiger partial charge in [-0.05, 0) is 18.4 Å². The van der Waals surface area contributed by atoms with Crippen LogP contribution in [0.5, 0.6) is 0 Å². The smallest absolute Gasteiger partial charge is 0.338 e. The molecule has 0 N–H and O–H groups in total. The Morgan fingerprint density at radius 1 is 1.09 bits per heavy atom. The second-order valence-electron chi connectivity index (χ2n) is 4.24. The van der Waals surface area contributed by atoms with Crippen molar-refractivity contribution in [2.24, 2.45) is 0 Å². The van der Waals surface area contributed by atoms with Gasteiger partial charge in [0.25, 0.3) is 5.70 Å². The van der Waals surface area contributed by atoms with E-state index in [1.165, 1.54) is 38.5 Å². The summed E-state index contributed by atoms with van der Waals surface area (Å²) in [5, 5.41) is 12.3. The predicted octanol–water partition coefficient (Wildman–Crippen LogP) is 1.03. The average molecular weight is 304 g/mol. The van der Waals surface area contributed by atoms with Crippen LogP contribution in [0.25, 0.3) is 0 Å². The minimum Gasteiger partial charge on any atom is -0.754 e. The van der Waals surface area contributed by atoms with Crippen molar-refractivity contribution in [3.8, 4) is 0 Å². The highest BCUT2D eigenvalue weighted by Crippen LogP contribution is 2.25. The number of ether oxygens (including phenoxy) is 2. The summed E-state index contributed by atoms with van der Waals surface area (Å²) in [5.41, 5.74) is 0.0217. The monoisotopic (exact) mass is 304 g/mol. The average Bonchev–Trinajstić information content (AvgIpc) is 2.54. The number of esters is 2. The molecular weight excluding hydrogens is 292 g/mol. The second-order valence-corrected chi connectivity index (χ2v) is 4.24. The Labute approximate surface area is 125 Å². The van der Waals surface area contributed by atoms with Crippen LogP contribution < -0.4 is 0 Å². The lowest BCUT2D eigenvalue weighted by Crippen LogP contribution is -2.20. The van der Waals surface area contributed by atoms with Crippen molar-refractivity contribution >= 4 is 11.9 Å². The van der Waals surface area contributed by atoms with E-state index in [9.17, 15) is 19.7 Å². The predicted molar refractivity (Wildman–Crippen MR) is 74.3 cm³/mol. The summed E-state index contributed by atoms with van der Waals surface area (Å²) in [6.45, 7) is 0. The number of hydroxylamine groups is 2. The summed E-state index contributed by atoms with van der Waals surface area (Å²) < 4.78 is 9.55. The van der Waals surface area contributed by atoms with E-state index in [-0.39, 0.29) is 22.5 Å². The highest BCUT2D eigenvalue weighted by atomic mass is 16.5. The van der Waals surface area contributed by atoms with Crippen LogP contribution in [0, 0.1) is 10.1 Å². The maximum Gasteiger partial charge on any atom is 0.338 e. The molecule has 0 spiro atoms. The molecule has 0 fully saturated rings. The SMILES string of the molecule is COC(=O)C1=CC(=C2C=C(C(=O)OC)C=C[N+]2=O)N([O-])C=C1. The molecule has 0 unspecified atom stereocenters. The van der Waals surface area contributed by atoms with E-state index in [0.29, 0.717) is 9.82 Å². The fourth-order valence-corrected chi connectivity index (χ4v) is 1.84. The number of allylic oxidation sites excluding steroid dienone is 2. The number of carbonyl (C=O) groups excluding carboxylic acids is 2. The van der Waals surface area contributed by atoms with Gasteiger partial charge in [0.1, 0.15) is 5.70 Å². The number of methoxy groups -OCH3 is 2. The van der Waals surface area contributed by atoms with Gasteiger partial charge in [-0.3, -0.25) is 0 Å². The number of hydrogen-bond donors (Lipinski definition) is 0. The van der Waals surface area contributed by atoms with Gasteiger partial charge < -0.3 is 19.7 Å². The number of hydrogen-bond acceptors (Lipinski definition) is 7. The van der Waals surface area contributed by atoms with E-state index in [0.717, 1.165) is 12.4 Å². The van der Waals surface area contributed by atoms with Gasteiger partial charge in [-0.15, -0.1) is 0 Å². The van der Waals surface area contributed by atoms with Crippen molar-refractivity contribution in [2.75, 3.05) is 14.2 Å². The zero-order valence-electron chi connectivity index (χ0n) is 11.8. The van der Waals surface area contributed by atoms with Crippen molar-refractivity contribution in [3.63, 3.8) is 0 Å². The van der Waals surface area contributed by atoms with Gasteiger partial charge in [-0.25, -0.2) is 9.59 Å². The summed E-state index contributed by atoms with van der Waals surface area (Å²) in [6.07, 6.45) is 7.11. The van der Waals surface area contributed by atoms with Gasteiger partial charge in [-0.1, -0.05) is 0 Å². The zero-order chi connectivity index (χ0) is 16.3. The third kappa shape index (κ3) is 2.86. The Kier molecular flexibility index (Phi) is 4.33. The lowest BCUT2D eigenvalue weighted by molar-refractivity contribution is -0.421. The second kappa shape index (κ2) is 6.19. The summed E-state index contributed by atoms with van der Waals surface area (Å²) in [4.78, 5) is 34.9. The van der Waals surface area contributed by atoms with E-state index in [1.54, 1.807) is 0 Å². The molecule has 0 aromatic heterocycles. The Bertz CT molecular complexity index is 696. The van der Waals surface area contributed by atoms with Crippen molar-refractivity contribution in [1.29, 1.82) is 0 Å². The van der Waals surface area contributed by atoms with Crippen molar-refractivity contribution in [2.45, 2.75) is 0 Å². The quantitative estimate of drug-likeness (QED) is 0.555. The molecule has 0 amide bonds. The first-order valence-electron chi connectivity index (χ1n) is 6.11. The molecule has 8 nitrogen and oxygen atoms in total. The van der Waals surface area contributed by atoms with E-state index in [4.69, 9.17) is 0 Å². The molecule has 2 aliphatic heterocycles. The summed E-state index contributed by atoms with van der Waals surface area (Å²) in [5.74, 6) is -1.30. The minimum absolute atomic E-state index is 0.0938. The third-order valence-electron chi connectivity index (χ3n) is 2.94. The molecule has 0 saturated heterocycles. The van der Waals surface area contributed by atoms with E-state index < -0.39 is 11.9 Å². The van der Waals surface area contributed by atoms with Gasteiger partial charge >= 0.3 is 11.9 Å². The summed E-state index contributed by atoms with van der Waals surface area (Å²) in [7, 11) is 2.40. The Morgan fingerprint density at radius 2 is 1.68 bits per heavy atom. The summed E-state index contributed by atoms with van der Waals surface area (Å²) >= 11 is 0. The lowest BCUT2D eigenvalue weighted by Gasteiger charge is -2.29. The van der Waals surface area contributed by atoms with Crippen LogP contribution in [-0.4, -0.2) is 36.0 Å². The molecule has 2 rings (SSSR count). The molecule has 114 valence electrons. The maximum absolute atomic E-state index is 11.9. The molecule has 0 aromatic rings. The van der Waals surface area contributed by atoms with Gasteiger partial charge in [0.2, 0.25) is 6.20 Å². The van der Waals surface area contributed by atoms with Crippen LogP contribution in [0.2, 0.25) is 0 Å². The van der Waals surface area contributed by atoms with E-state index >= 15 is 0 Å². The lowest BCUT2D eigenvalue weighted by atomic mass is 10.1. The van der Waals surface area contributed by atoms with Crippen molar-refractivity contribution in [1.82, 2.24) is 5.06 Å². The molecule has 0 bridgehead atoms. The van der Waals surface area contributed by atoms with Crippen LogP contribution in [-0.2, 0) is 19.1 Å². The number of nitrogens with zero attached hydrogens (tertiary/aromatic N) is 2. The van der Waals surface area contributed by atoms with E-state index in [1.807, 2.05) is 0 Å². The number of rotatable bonds is 2. The van der Waals surface area contributed by atoms with E-state index in [2.05, 4.69) is 9.47 Å². The molecule has 22 heavy (non-hydrogen) atoms. The number of carbonyl (C=O) groups is 2. The Morgan fingerprint density at radius 3 is 2.27 bits per heavy atom. The molecule has 0 saturated carbocycles. The van der Waals surface area contributed by atoms with Gasteiger partial charge in [-0.2, -0.15) is 0 Å². The summed E-state index contributed by atoms with van der Waals surface area (Å²) in [6, 6.07) is 0. The highest BCUT2D eigenvalue weighted by molar-refractivity contribution is 5.93. The zero-order valence-corrected chi connectivity index (χ0v) is 11.8. The van der Waals surface area contributed by atoms with Crippen molar-refractivity contribution < 1.29 is 23.8 Å². The fourth-order valence-electron chi connectivity index (χ4n) is 1.84. The molecular formula is C14H12N2O6. The van der Waals surface area contributed by atoms with Crippen molar-refractivity contribution in [3.05, 3.63) is 69.4 Å². The van der Waals surface area contributed by atoms with Crippen LogP contribution >= 0.6 is 0 Å². The molecule has 0 atom stereocenters. The highest BCUT2D eigenvalue weighted by Gasteiger charge is 2.27. The fraction of sp³-hybridized carbons (Fsp3) is 0.143. The molecule has 0 aromatic carbocycles. The standard InChI is InChI=1S/C14H12N2O6/c1-21-13(17)9-3-5-15(19)11(7-9)12-8-10(14(18)22-2)4-6-16(12)20/h3-8H,1-2H3. The van der Waals surface area contributed by atoms with Gasteiger partial charge in [0, 0.05) is 17.1 Å². The Hall–Kier alpha value is -3.00. The first kappa shape index (κ1) is 15.4. The van der Waals surface area contributed by atoms with Crippen LogP contribution in [0.15, 0.2) is 59.2 Å². The normalized spacial score (nSPS) is 20.5. The van der Waals surface area contributed by atoms with Gasteiger partial charge in [0.05, 0.1) is 30.1 Å². The molecule has 0 aliphatic carbocycles. The molecule has 8 heteroatoms. The van der Waals surface area contributed by atoms with Crippen LogP contribution in [0.1, 0.15) is 0 Å². The minimum atomic E-state index is -0.650. The maximum atomic E-state index is 11.9. The topological polar surface area (TPSA) is 99.0 Å². The van der Waals surface area contributed by atoms with Gasteiger partial charge in [0.15, 0.2) is 0 Å². The molecule has 0 radical (unpaired) electrons. The largest absolute Gasteiger partial charge is 0.754 e. The van der Waals surface area contributed by atoms with Crippen LogP contribution in [0.3, 0.4) is 0 Å². The Balaban J connectivity index is 2.53. The third-order valence-corrected chi connectivity index (χ3v) is 2.94. The molecule has 2 aliphatic rings. The first-order chi connectivity index (χ1) is 10.5. The van der Waals surface area contributed by atoms with Crippen LogP contribution in [0.4, 0.5) is 0 Å². The number of nitroso groups, excluding NO2 is 1.